The molecule has 2 aromatic carbocycles. The van der Waals surface area contributed by atoms with Gasteiger partial charge in [-0.25, -0.2) is 12.8 Å². The van der Waals surface area contributed by atoms with Gasteiger partial charge in [0.1, 0.15) is 5.82 Å². The normalized spacial score (nSPS) is 21.9. The van der Waals surface area contributed by atoms with Crippen LogP contribution >= 0.6 is 0 Å². The van der Waals surface area contributed by atoms with E-state index < -0.39 is 39.7 Å². The third-order valence-electron chi connectivity index (χ3n) is 5.83. The van der Waals surface area contributed by atoms with E-state index in [9.17, 15) is 26.0 Å². The van der Waals surface area contributed by atoms with Crippen LogP contribution in [0.3, 0.4) is 0 Å². The van der Waals surface area contributed by atoms with Crippen LogP contribution < -0.4 is 0 Å². The minimum absolute atomic E-state index is 0.0777. The Kier molecular flexibility index (Phi) is 4.49. The summed E-state index contributed by atoms with van der Waals surface area (Å²) < 4.78 is 81.1. The number of hydrogen-bond acceptors (Lipinski definition) is 3. The molecule has 1 aliphatic heterocycles. The van der Waals surface area contributed by atoms with Crippen LogP contribution in [0.15, 0.2) is 59.6 Å². The number of fused-ring (bicyclic) bond motifs is 1. The lowest BCUT2D eigenvalue weighted by molar-refractivity contribution is -0.137. The largest absolute Gasteiger partial charge is 0.416 e. The molecular weight excluding hydrogens is 434 g/mol. The van der Waals surface area contributed by atoms with Crippen LogP contribution in [0.5, 0.6) is 0 Å². The van der Waals surface area contributed by atoms with E-state index >= 15 is 0 Å². The van der Waals surface area contributed by atoms with Crippen molar-refractivity contribution in [1.82, 2.24) is 14.5 Å². The number of halogens is 4. The van der Waals surface area contributed by atoms with Crippen molar-refractivity contribution in [2.75, 3.05) is 0 Å². The number of alkyl halides is 3. The summed E-state index contributed by atoms with van der Waals surface area (Å²) in [5.74, 6) is -0.376. The fraction of sp³-hybridized carbons (Fsp3) is 0.286. The molecule has 1 aromatic heterocycles. The van der Waals surface area contributed by atoms with Crippen molar-refractivity contribution in [2.45, 2.75) is 36.0 Å². The fourth-order valence-electron chi connectivity index (χ4n) is 4.24. The Hall–Kier alpha value is -2.72. The first-order chi connectivity index (χ1) is 14.7. The van der Waals surface area contributed by atoms with Gasteiger partial charge in [-0.1, -0.05) is 12.1 Å². The van der Waals surface area contributed by atoms with E-state index in [0.717, 1.165) is 37.1 Å². The number of aromatic nitrogens is 2. The first-order valence-electron chi connectivity index (χ1n) is 9.67. The van der Waals surface area contributed by atoms with E-state index in [2.05, 4.69) is 10.2 Å². The molecule has 1 aliphatic carbocycles. The van der Waals surface area contributed by atoms with Crippen LogP contribution in [-0.2, 0) is 16.2 Å². The SMILES string of the molecule is O=S(=O)(c1ccc(C(F)(F)F)cc1)N1C(c2ccc(F)cc2)c2cn[nH]c2C1C1CC1. The van der Waals surface area contributed by atoms with Gasteiger partial charge in [-0.3, -0.25) is 5.10 Å². The third-order valence-corrected chi connectivity index (χ3v) is 7.69. The summed E-state index contributed by atoms with van der Waals surface area (Å²) in [6.07, 6.45) is -1.34. The molecular formula is C21H17F4N3O2S. The summed E-state index contributed by atoms with van der Waals surface area (Å²) in [7, 11) is -4.18. The van der Waals surface area contributed by atoms with Gasteiger partial charge in [0, 0.05) is 5.56 Å². The van der Waals surface area contributed by atoms with Crippen molar-refractivity contribution in [3.8, 4) is 0 Å². The maximum absolute atomic E-state index is 13.7. The van der Waals surface area contributed by atoms with Crippen molar-refractivity contribution in [1.29, 1.82) is 0 Å². The van der Waals surface area contributed by atoms with E-state index in [1.165, 1.54) is 28.6 Å². The van der Waals surface area contributed by atoms with Gasteiger partial charge in [0.05, 0.1) is 34.4 Å². The first kappa shape index (κ1) is 20.2. The number of H-pyrrole nitrogens is 1. The molecule has 0 amide bonds. The topological polar surface area (TPSA) is 66.1 Å². The Bertz CT molecular complexity index is 1220. The van der Waals surface area contributed by atoms with Crippen molar-refractivity contribution in [2.24, 2.45) is 5.92 Å². The molecule has 2 heterocycles. The highest BCUT2D eigenvalue weighted by Crippen LogP contribution is 2.56. The lowest BCUT2D eigenvalue weighted by Gasteiger charge is -2.30. The lowest BCUT2D eigenvalue weighted by Crippen LogP contribution is -2.35. The zero-order valence-electron chi connectivity index (χ0n) is 16.0. The Balaban J connectivity index is 1.63. The molecule has 1 saturated carbocycles. The molecule has 0 bridgehead atoms. The van der Waals surface area contributed by atoms with Gasteiger partial charge in [-0.2, -0.15) is 22.6 Å². The highest BCUT2D eigenvalue weighted by molar-refractivity contribution is 7.89. The zero-order valence-corrected chi connectivity index (χ0v) is 16.8. The van der Waals surface area contributed by atoms with Crippen LogP contribution in [0, 0.1) is 11.7 Å². The lowest BCUT2D eigenvalue weighted by atomic mass is 10.0. The highest BCUT2D eigenvalue weighted by atomic mass is 32.2. The number of sulfonamides is 1. The monoisotopic (exact) mass is 451 g/mol. The molecule has 0 spiro atoms. The molecule has 5 nitrogen and oxygen atoms in total. The van der Waals surface area contributed by atoms with Gasteiger partial charge in [-0.05, 0) is 60.7 Å². The van der Waals surface area contributed by atoms with Gasteiger partial charge in [0.15, 0.2) is 0 Å². The van der Waals surface area contributed by atoms with Crippen molar-refractivity contribution < 1.29 is 26.0 Å². The molecule has 3 aromatic rings. The highest BCUT2D eigenvalue weighted by Gasteiger charge is 2.53. The van der Waals surface area contributed by atoms with Crippen LogP contribution in [0.25, 0.3) is 0 Å². The second-order valence-corrected chi connectivity index (χ2v) is 9.68. The molecule has 31 heavy (non-hydrogen) atoms. The van der Waals surface area contributed by atoms with Gasteiger partial charge in [-0.15, -0.1) is 0 Å². The minimum atomic E-state index is -4.56. The standard InChI is InChI=1S/C21H17F4N3O2S/c22-15-7-3-12(4-8-15)19-17-11-26-27-18(17)20(13-1-2-13)28(19)31(29,30)16-9-5-14(6-10-16)21(23,24)25/h3-11,13,19-20H,1-2H2,(H,26,27). The Morgan fingerprint density at radius 1 is 1.00 bits per heavy atom. The van der Waals surface area contributed by atoms with Gasteiger partial charge in [0.25, 0.3) is 0 Å². The number of nitrogens with zero attached hydrogens (tertiary/aromatic N) is 2. The molecule has 2 aliphatic rings. The maximum atomic E-state index is 13.7. The number of hydrogen-bond donors (Lipinski definition) is 1. The molecule has 5 rings (SSSR count). The van der Waals surface area contributed by atoms with Crippen LogP contribution in [0.2, 0.25) is 0 Å². The van der Waals surface area contributed by atoms with E-state index in [1.807, 2.05) is 0 Å². The Labute approximate surface area is 175 Å². The summed E-state index contributed by atoms with van der Waals surface area (Å²) in [6, 6.07) is 7.76. The summed E-state index contributed by atoms with van der Waals surface area (Å²) in [5.41, 5.74) is 0.977. The van der Waals surface area contributed by atoms with Crippen LogP contribution in [-0.4, -0.2) is 22.9 Å². The van der Waals surface area contributed by atoms with Gasteiger partial charge < -0.3 is 0 Å². The quantitative estimate of drug-likeness (QED) is 0.579. The molecule has 0 saturated heterocycles. The number of aromatic amines is 1. The average molecular weight is 451 g/mol. The maximum Gasteiger partial charge on any atom is 0.416 e. The fourth-order valence-corrected chi connectivity index (χ4v) is 6.05. The summed E-state index contributed by atoms with van der Waals surface area (Å²) >= 11 is 0. The molecule has 1 fully saturated rings. The summed E-state index contributed by atoms with van der Waals surface area (Å²) in [4.78, 5) is -0.226. The molecule has 2 atom stereocenters. The summed E-state index contributed by atoms with van der Waals surface area (Å²) in [6.45, 7) is 0. The number of rotatable bonds is 4. The predicted molar refractivity (Wildman–Crippen MR) is 103 cm³/mol. The van der Waals surface area contributed by atoms with Crippen molar-refractivity contribution >= 4 is 10.0 Å². The van der Waals surface area contributed by atoms with Crippen LogP contribution in [0.1, 0.15) is 47.3 Å². The second-order valence-electron chi connectivity index (χ2n) is 7.83. The van der Waals surface area contributed by atoms with E-state index in [0.29, 0.717) is 16.8 Å². The molecule has 2 unspecified atom stereocenters. The van der Waals surface area contributed by atoms with Crippen molar-refractivity contribution in [3.63, 3.8) is 0 Å². The first-order valence-corrected chi connectivity index (χ1v) is 11.1. The minimum Gasteiger partial charge on any atom is -0.281 e. The zero-order chi connectivity index (χ0) is 22.0. The molecule has 10 heteroatoms. The van der Waals surface area contributed by atoms with E-state index in [4.69, 9.17) is 0 Å². The Morgan fingerprint density at radius 3 is 2.23 bits per heavy atom. The average Bonchev–Trinajstić information content (AvgIpc) is 3.35. The number of benzene rings is 2. The van der Waals surface area contributed by atoms with Crippen LogP contribution in [0.4, 0.5) is 17.6 Å². The number of nitrogens with one attached hydrogen (secondary N) is 1. The predicted octanol–water partition coefficient (Wildman–Crippen LogP) is 4.81. The molecule has 162 valence electrons. The second kappa shape index (κ2) is 6.89. The summed E-state index contributed by atoms with van der Waals surface area (Å²) in [5, 5.41) is 6.98. The smallest absolute Gasteiger partial charge is 0.281 e. The van der Waals surface area contributed by atoms with Gasteiger partial charge in [0.2, 0.25) is 10.0 Å². The van der Waals surface area contributed by atoms with Gasteiger partial charge >= 0.3 is 6.18 Å². The molecule has 1 N–H and O–H groups in total. The van der Waals surface area contributed by atoms with E-state index in [-0.39, 0.29) is 10.8 Å². The Morgan fingerprint density at radius 2 is 1.65 bits per heavy atom. The molecule has 0 radical (unpaired) electrons. The van der Waals surface area contributed by atoms with Crippen molar-refractivity contribution in [3.05, 3.63) is 82.9 Å². The van der Waals surface area contributed by atoms with E-state index in [1.54, 1.807) is 6.20 Å². The third kappa shape index (κ3) is 3.34.